The van der Waals surface area contributed by atoms with Crippen molar-refractivity contribution >= 4 is 51.4 Å². The number of carbonyl (C=O) groups excluding carboxylic acids is 1. The van der Waals surface area contributed by atoms with E-state index < -0.39 is 16.1 Å². The van der Waals surface area contributed by atoms with E-state index in [0.29, 0.717) is 39.9 Å². The molecule has 0 radical (unpaired) electrons. The van der Waals surface area contributed by atoms with Gasteiger partial charge in [-0.2, -0.15) is 5.10 Å². The van der Waals surface area contributed by atoms with Crippen molar-refractivity contribution in [2.75, 3.05) is 20.8 Å². The van der Waals surface area contributed by atoms with Gasteiger partial charge in [0.1, 0.15) is 27.9 Å². The van der Waals surface area contributed by atoms with Gasteiger partial charge in [0.05, 0.1) is 32.6 Å². The number of rotatable bonds is 10. The average Bonchev–Trinajstić information content (AvgIpc) is 3.37. The van der Waals surface area contributed by atoms with Gasteiger partial charge < -0.3 is 19.0 Å². The average molecular weight is 550 g/mol. The van der Waals surface area contributed by atoms with Gasteiger partial charge in [-0.1, -0.05) is 29.4 Å². The minimum absolute atomic E-state index is 0.0293. The predicted octanol–water partition coefficient (Wildman–Crippen LogP) is 5.39. The first-order valence-corrected chi connectivity index (χ1v) is 12.1. The molecular weight excluding hydrogens is 524 g/mol. The number of hydrogen-bond acceptors (Lipinski definition) is 7. The van der Waals surface area contributed by atoms with Crippen LogP contribution in [0.5, 0.6) is 5.75 Å². The zero-order valence-electron chi connectivity index (χ0n) is 20.8. The smallest absolute Gasteiger partial charge is 0.341 e. The van der Waals surface area contributed by atoms with Crippen LogP contribution in [0.4, 0.5) is 4.39 Å². The predicted molar refractivity (Wildman–Crippen MR) is 139 cm³/mol. The van der Waals surface area contributed by atoms with Crippen LogP contribution in [0.1, 0.15) is 30.2 Å². The van der Waals surface area contributed by atoms with Gasteiger partial charge >= 0.3 is 5.97 Å². The SMILES string of the molecule is COC=C(C(=O)OC)c1ccccc1CON=C(C)c1nn(C)c2cc(OCC3CC3(Cl)Cl)c(F)cc12. The second kappa shape index (κ2) is 11.0. The van der Waals surface area contributed by atoms with Gasteiger partial charge in [-0.25, -0.2) is 9.18 Å². The molecule has 0 saturated heterocycles. The number of hydrogen-bond donors (Lipinski definition) is 0. The van der Waals surface area contributed by atoms with Crippen LogP contribution < -0.4 is 4.74 Å². The summed E-state index contributed by atoms with van der Waals surface area (Å²) in [7, 11) is 4.49. The Morgan fingerprint density at radius 2 is 2.03 bits per heavy atom. The molecule has 1 unspecified atom stereocenters. The Hall–Kier alpha value is -3.30. The summed E-state index contributed by atoms with van der Waals surface area (Å²) in [6.07, 6.45) is 1.93. The highest BCUT2D eigenvalue weighted by Gasteiger charge is 2.52. The quantitative estimate of drug-likeness (QED) is 0.0842. The molecule has 0 spiro atoms. The fourth-order valence-electron chi connectivity index (χ4n) is 3.88. The normalized spacial score (nSPS) is 17.0. The number of aryl methyl sites for hydroxylation is 1. The molecule has 4 rings (SSSR count). The first-order chi connectivity index (χ1) is 17.7. The van der Waals surface area contributed by atoms with Crippen LogP contribution >= 0.6 is 23.2 Å². The number of ether oxygens (including phenoxy) is 3. The number of aromatic nitrogens is 2. The minimum atomic E-state index is -0.796. The second-order valence-electron chi connectivity index (χ2n) is 8.61. The van der Waals surface area contributed by atoms with Gasteiger partial charge in [0.15, 0.2) is 11.6 Å². The molecule has 1 fully saturated rings. The van der Waals surface area contributed by atoms with E-state index in [9.17, 15) is 9.18 Å². The Morgan fingerprint density at radius 3 is 2.70 bits per heavy atom. The Labute approximate surface area is 223 Å². The molecule has 0 aliphatic heterocycles. The fourth-order valence-corrected chi connectivity index (χ4v) is 4.38. The van der Waals surface area contributed by atoms with Gasteiger partial charge in [-0.05, 0) is 25.0 Å². The summed E-state index contributed by atoms with van der Waals surface area (Å²) in [4.78, 5) is 17.8. The van der Waals surface area contributed by atoms with Crippen LogP contribution in [0.2, 0.25) is 0 Å². The fraction of sp³-hybridized carbons (Fsp3) is 0.346. The second-order valence-corrected chi connectivity index (χ2v) is 10.2. The number of esters is 1. The maximum Gasteiger partial charge on any atom is 0.341 e. The van der Waals surface area contributed by atoms with Crippen LogP contribution in [-0.2, 0) is 32.8 Å². The van der Waals surface area contributed by atoms with Crippen molar-refractivity contribution in [3.8, 4) is 5.75 Å². The van der Waals surface area contributed by atoms with E-state index in [1.54, 1.807) is 42.9 Å². The van der Waals surface area contributed by atoms with Crippen molar-refractivity contribution in [1.82, 2.24) is 9.78 Å². The maximum absolute atomic E-state index is 14.8. The Morgan fingerprint density at radius 1 is 1.30 bits per heavy atom. The van der Waals surface area contributed by atoms with Crippen molar-refractivity contribution in [3.05, 3.63) is 65.3 Å². The minimum Gasteiger partial charge on any atom is -0.503 e. The zero-order valence-corrected chi connectivity index (χ0v) is 22.3. The van der Waals surface area contributed by atoms with Gasteiger partial charge in [0, 0.05) is 30.0 Å². The molecule has 3 aromatic rings. The van der Waals surface area contributed by atoms with Crippen molar-refractivity contribution in [1.29, 1.82) is 0 Å². The third-order valence-electron chi connectivity index (χ3n) is 6.01. The first kappa shape index (κ1) is 26.8. The van der Waals surface area contributed by atoms with E-state index >= 15 is 0 Å². The lowest BCUT2D eigenvalue weighted by Gasteiger charge is -2.11. The molecule has 1 heterocycles. The molecule has 11 heteroatoms. The van der Waals surface area contributed by atoms with E-state index in [-0.39, 0.29) is 30.5 Å². The van der Waals surface area contributed by atoms with Crippen LogP contribution in [0.15, 0.2) is 47.8 Å². The molecule has 1 atom stereocenters. The van der Waals surface area contributed by atoms with Crippen molar-refractivity contribution in [2.45, 2.75) is 24.3 Å². The molecule has 2 aromatic carbocycles. The third kappa shape index (κ3) is 5.83. The summed E-state index contributed by atoms with van der Waals surface area (Å²) in [5, 5.41) is 9.24. The highest BCUT2D eigenvalue weighted by Crippen LogP contribution is 2.53. The number of fused-ring (bicyclic) bond motifs is 1. The number of benzene rings is 2. The van der Waals surface area contributed by atoms with Crippen molar-refractivity contribution in [3.63, 3.8) is 0 Å². The lowest BCUT2D eigenvalue weighted by atomic mass is 10.0. The van der Waals surface area contributed by atoms with Crippen LogP contribution in [0, 0.1) is 11.7 Å². The van der Waals surface area contributed by atoms with E-state index in [4.69, 9.17) is 42.3 Å². The molecule has 0 bridgehead atoms. The summed E-state index contributed by atoms with van der Waals surface area (Å²) >= 11 is 12.1. The number of alkyl halides is 2. The molecule has 0 amide bonds. The van der Waals surface area contributed by atoms with Crippen molar-refractivity contribution < 1.29 is 28.2 Å². The largest absolute Gasteiger partial charge is 0.503 e. The summed E-state index contributed by atoms with van der Waals surface area (Å²) in [6.45, 7) is 2.01. The zero-order chi connectivity index (χ0) is 26.7. The van der Waals surface area contributed by atoms with Crippen LogP contribution in [0.25, 0.3) is 16.5 Å². The van der Waals surface area contributed by atoms with Gasteiger partial charge in [0.2, 0.25) is 0 Å². The third-order valence-corrected chi connectivity index (χ3v) is 6.94. The number of oxime groups is 1. The van der Waals surface area contributed by atoms with Gasteiger partial charge in [-0.3, -0.25) is 4.68 Å². The van der Waals surface area contributed by atoms with Crippen LogP contribution in [-0.4, -0.2) is 46.6 Å². The Kier molecular flexibility index (Phi) is 7.94. The van der Waals surface area contributed by atoms with E-state index in [1.807, 2.05) is 6.07 Å². The number of halogens is 3. The highest BCUT2D eigenvalue weighted by atomic mass is 35.5. The number of carbonyl (C=O) groups is 1. The molecule has 1 aromatic heterocycles. The molecule has 196 valence electrons. The number of nitrogens with zero attached hydrogens (tertiary/aromatic N) is 3. The van der Waals surface area contributed by atoms with Crippen LogP contribution in [0.3, 0.4) is 0 Å². The Bertz CT molecular complexity index is 1390. The molecule has 1 aliphatic rings. The maximum atomic E-state index is 14.8. The van der Waals surface area contributed by atoms with Gasteiger partial charge in [-0.15, -0.1) is 23.2 Å². The molecule has 1 saturated carbocycles. The lowest BCUT2D eigenvalue weighted by molar-refractivity contribution is -0.133. The highest BCUT2D eigenvalue weighted by molar-refractivity contribution is 6.50. The van der Waals surface area contributed by atoms with Gasteiger partial charge in [0.25, 0.3) is 0 Å². The summed E-state index contributed by atoms with van der Waals surface area (Å²) in [5.74, 6) is -0.995. The lowest BCUT2D eigenvalue weighted by Crippen LogP contribution is -2.07. The monoisotopic (exact) mass is 549 g/mol. The topological polar surface area (TPSA) is 84.2 Å². The molecular formula is C26H26Cl2FN3O5. The molecule has 37 heavy (non-hydrogen) atoms. The Balaban J connectivity index is 1.52. The van der Waals surface area contributed by atoms with Crippen molar-refractivity contribution in [2.24, 2.45) is 18.1 Å². The first-order valence-electron chi connectivity index (χ1n) is 11.4. The molecule has 0 N–H and O–H groups in total. The molecule has 8 nitrogen and oxygen atoms in total. The van der Waals surface area contributed by atoms with E-state index in [2.05, 4.69) is 10.3 Å². The molecule has 1 aliphatic carbocycles. The summed E-state index contributed by atoms with van der Waals surface area (Å²) in [6, 6.07) is 10.1. The summed E-state index contributed by atoms with van der Waals surface area (Å²) in [5.41, 5.74) is 3.11. The number of methoxy groups -OCH3 is 2. The van der Waals surface area contributed by atoms with E-state index in [1.165, 1.54) is 26.5 Å². The standard InChI is InChI=1S/C26H26Cl2FN3O5/c1-15(31-37-12-16-7-5-6-8-18(16)20(14-34-3)25(33)35-4)24-19-9-21(29)23(10-22(19)32(2)30-24)36-13-17-11-26(17,27)28/h5-10,14,17H,11-13H2,1-4H3. The van der Waals surface area contributed by atoms with E-state index in [0.717, 1.165) is 0 Å². The summed E-state index contributed by atoms with van der Waals surface area (Å²) < 4.78 is 31.2.